The first-order chi connectivity index (χ1) is 9.88. The van der Waals surface area contributed by atoms with Crippen molar-refractivity contribution in [3.05, 3.63) is 60.2 Å². The number of rotatable bonds is 5. The third-order valence-electron chi connectivity index (χ3n) is 3.86. The van der Waals surface area contributed by atoms with Gasteiger partial charge in [0.25, 0.3) is 0 Å². The van der Waals surface area contributed by atoms with Crippen LogP contribution in [-0.4, -0.2) is 6.29 Å². The molecule has 0 aliphatic rings. The molecule has 0 atom stereocenters. The predicted molar refractivity (Wildman–Crippen MR) is 85.1 cm³/mol. The van der Waals surface area contributed by atoms with Crippen molar-refractivity contribution < 1.29 is 4.79 Å². The average Bonchev–Trinajstić information content (AvgIpc) is 2.50. The van der Waals surface area contributed by atoms with Gasteiger partial charge in [0.05, 0.1) is 0 Å². The lowest BCUT2D eigenvalue weighted by atomic mass is 9.97. The maximum atomic E-state index is 10.4. The van der Waals surface area contributed by atoms with Crippen molar-refractivity contribution in [3.8, 4) is 0 Å². The second-order valence-electron chi connectivity index (χ2n) is 5.25. The topological polar surface area (TPSA) is 17.1 Å². The number of aryl methyl sites for hydroxylation is 1. The fourth-order valence-corrected chi connectivity index (χ4v) is 2.79. The summed E-state index contributed by atoms with van der Waals surface area (Å²) in [5.41, 5.74) is 1.39. The first kappa shape index (κ1) is 12.9. The van der Waals surface area contributed by atoms with Gasteiger partial charge in [-0.1, -0.05) is 42.5 Å². The van der Waals surface area contributed by atoms with Crippen LogP contribution in [0.15, 0.2) is 54.6 Å². The summed E-state index contributed by atoms with van der Waals surface area (Å²) in [6.07, 6.45) is 4.78. The zero-order valence-electron chi connectivity index (χ0n) is 11.5. The van der Waals surface area contributed by atoms with Crippen LogP contribution in [-0.2, 0) is 11.2 Å². The maximum absolute atomic E-state index is 10.4. The Kier molecular flexibility index (Phi) is 3.78. The number of hydrogen-bond acceptors (Lipinski definition) is 1. The molecule has 1 nitrogen and oxygen atoms in total. The Balaban J connectivity index is 1.99. The van der Waals surface area contributed by atoms with Crippen LogP contribution in [0.2, 0.25) is 0 Å². The molecule has 0 fully saturated rings. The molecule has 3 rings (SSSR count). The van der Waals surface area contributed by atoms with E-state index >= 15 is 0 Å². The van der Waals surface area contributed by atoms with Gasteiger partial charge >= 0.3 is 0 Å². The highest BCUT2D eigenvalue weighted by Gasteiger charge is 2.03. The molecule has 3 aromatic carbocycles. The van der Waals surface area contributed by atoms with E-state index in [-0.39, 0.29) is 0 Å². The molecular formula is C19H18O. The van der Waals surface area contributed by atoms with Gasteiger partial charge in [-0.25, -0.2) is 0 Å². The Labute approximate surface area is 119 Å². The smallest absolute Gasteiger partial charge is 0.119 e. The fourth-order valence-electron chi connectivity index (χ4n) is 2.79. The van der Waals surface area contributed by atoms with E-state index in [1.54, 1.807) is 0 Å². The van der Waals surface area contributed by atoms with E-state index in [4.69, 9.17) is 0 Å². The van der Waals surface area contributed by atoms with E-state index < -0.39 is 0 Å². The highest BCUT2D eigenvalue weighted by atomic mass is 16.1. The van der Waals surface area contributed by atoms with Crippen molar-refractivity contribution in [1.82, 2.24) is 0 Å². The standard InChI is InChI=1S/C19H18O/c20-12-5-1-2-7-15-10-6-11-18-13-16-8-3-4-9-17(16)14-19(15)18/h3-4,6,8-14H,1-2,5,7H2. The van der Waals surface area contributed by atoms with Crippen molar-refractivity contribution in [2.45, 2.75) is 25.7 Å². The van der Waals surface area contributed by atoms with Crippen LogP contribution in [0.4, 0.5) is 0 Å². The Morgan fingerprint density at radius 1 is 0.800 bits per heavy atom. The summed E-state index contributed by atoms with van der Waals surface area (Å²) in [6, 6.07) is 19.6. The maximum Gasteiger partial charge on any atom is 0.119 e. The first-order valence-electron chi connectivity index (χ1n) is 7.22. The zero-order chi connectivity index (χ0) is 13.8. The van der Waals surface area contributed by atoms with Crippen LogP contribution in [0.5, 0.6) is 0 Å². The molecule has 0 aliphatic heterocycles. The van der Waals surface area contributed by atoms with Crippen molar-refractivity contribution in [3.63, 3.8) is 0 Å². The molecule has 1 heteroatoms. The molecule has 0 bridgehead atoms. The minimum Gasteiger partial charge on any atom is -0.303 e. The predicted octanol–water partition coefficient (Wildman–Crippen LogP) is 4.90. The van der Waals surface area contributed by atoms with Gasteiger partial charge in [0.1, 0.15) is 6.29 Å². The lowest BCUT2D eigenvalue weighted by Gasteiger charge is -2.08. The normalized spacial score (nSPS) is 11.0. The first-order valence-corrected chi connectivity index (χ1v) is 7.22. The lowest BCUT2D eigenvalue weighted by molar-refractivity contribution is -0.107. The molecule has 0 saturated heterocycles. The number of benzene rings is 3. The van der Waals surface area contributed by atoms with E-state index in [2.05, 4.69) is 54.6 Å². The summed E-state index contributed by atoms with van der Waals surface area (Å²) in [7, 11) is 0. The number of hydrogen-bond donors (Lipinski definition) is 0. The van der Waals surface area contributed by atoms with E-state index in [9.17, 15) is 4.79 Å². The SMILES string of the molecule is O=CCCCCc1cccc2cc3ccccc3cc12. The Hall–Kier alpha value is -2.15. The van der Waals surface area contributed by atoms with Gasteiger partial charge in [-0.3, -0.25) is 0 Å². The van der Waals surface area contributed by atoms with Gasteiger partial charge in [-0.05, 0) is 58.5 Å². The summed E-state index contributed by atoms with van der Waals surface area (Å²) >= 11 is 0. The number of aldehydes is 1. The summed E-state index contributed by atoms with van der Waals surface area (Å²) in [5, 5.41) is 5.23. The molecule has 0 spiro atoms. The van der Waals surface area contributed by atoms with E-state index in [1.807, 2.05) is 0 Å². The molecule has 100 valence electrons. The highest BCUT2D eigenvalue weighted by molar-refractivity contribution is 5.99. The summed E-state index contributed by atoms with van der Waals surface area (Å²) in [4.78, 5) is 10.4. The number of unbranched alkanes of at least 4 members (excludes halogenated alkanes) is 2. The van der Waals surface area contributed by atoms with Crippen LogP contribution in [0.1, 0.15) is 24.8 Å². The summed E-state index contributed by atoms with van der Waals surface area (Å²) in [5.74, 6) is 0. The minimum atomic E-state index is 0.674. The summed E-state index contributed by atoms with van der Waals surface area (Å²) in [6.45, 7) is 0. The number of carbonyl (C=O) groups is 1. The molecule has 0 N–H and O–H groups in total. The molecule has 0 radical (unpaired) electrons. The quantitative estimate of drug-likeness (QED) is 0.363. The second kappa shape index (κ2) is 5.87. The molecular weight excluding hydrogens is 244 g/mol. The Morgan fingerprint density at radius 2 is 1.55 bits per heavy atom. The van der Waals surface area contributed by atoms with Gasteiger partial charge in [0.15, 0.2) is 0 Å². The molecule has 0 saturated carbocycles. The van der Waals surface area contributed by atoms with Crippen molar-refractivity contribution in [2.24, 2.45) is 0 Å². The molecule has 20 heavy (non-hydrogen) atoms. The minimum absolute atomic E-state index is 0.674. The van der Waals surface area contributed by atoms with Gasteiger partial charge in [0, 0.05) is 6.42 Å². The van der Waals surface area contributed by atoms with E-state index in [0.29, 0.717) is 6.42 Å². The lowest BCUT2D eigenvalue weighted by Crippen LogP contribution is -1.89. The Bertz CT molecular complexity index is 743. The van der Waals surface area contributed by atoms with Crippen LogP contribution >= 0.6 is 0 Å². The largest absolute Gasteiger partial charge is 0.303 e. The van der Waals surface area contributed by atoms with Crippen LogP contribution in [0.3, 0.4) is 0 Å². The van der Waals surface area contributed by atoms with Crippen molar-refractivity contribution in [2.75, 3.05) is 0 Å². The summed E-state index contributed by atoms with van der Waals surface area (Å²) < 4.78 is 0. The van der Waals surface area contributed by atoms with Gasteiger partial charge in [-0.2, -0.15) is 0 Å². The zero-order valence-corrected chi connectivity index (χ0v) is 11.5. The van der Waals surface area contributed by atoms with Gasteiger partial charge in [0.2, 0.25) is 0 Å². The second-order valence-corrected chi connectivity index (χ2v) is 5.25. The average molecular weight is 262 g/mol. The molecule has 0 aliphatic carbocycles. The third kappa shape index (κ3) is 2.57. The Morgan fingerprint density at radius 3 is 2.35 bits per heavy atom. The molecule has 0 unspecified atom stereocenters. The van der Waals surface area contributed by atoms with Gasteiger partial charge < -0.3 is 4.79 Å². The third-order valence-corrected chi connectivity index (χ3v) is 3.86. The number of fused-ring (bicyclic) bond motifs is 2. The highest BCUT2D eigenvalue weighted by Crippen LogP contribution is 2.26. The van der Waals surface area contributed by atoms with Crippen LogP contribution in [0, 0.1) is 0 Å². The van der Waals surface area contributed by atoms with Gasteiger partial charge in [-0.15, -0.1) is 0 Å². The number of carbonyl (C=O) groups excluding carboxylic acids is 1. The molecule has 0 amide bonds. The van der Waals surface area contributed by atoms with Crippen LogP contribution < -0.4 is 0 Å². The fraction of sp³-hybridized carbons (Fsp3) is 0.211. The van der Waals surface area contributed by atoms with Crippen molar-refractivity contribution >= 4 is 27.8 Å². The molecule has 3 aromatic rings. The van der Waals surface area contributed by atoms with Crippen molar-refractivity contribution in [1.29, 1.82) is 0 Å². The van der Waals surface area contributed by atoms with E-state index in [0.717, 1.165) is 25.5 Å². The monoisotopic (exact) mass is 262 g/mol. The van der Waals surface area contributed by atoms with E-state index in [1.165, 1.54) is 27.1 Å². The molecule has 0 aromatic heterocycles. The molecule has 0 heterocycles. The van der Waals surface area contributed by atoms with Crippen LogP contribution in [0.25, 0.3) is 21.5 Å².